The van der Waals surface area contributed by atoms with Crippen LogP contribution in [0, 0.1) is 35.5 Å². The molecule has 0 saturated heterocycles. The Morgan fingerprint density at radius 1 is 1.41 bits per heavy atom. The molecule has 0 radical (unpaired) electrons. The lowest BCUT2D eigenvalue weighted by Crippen LogP contribution is -2.50. The summed E-state index contributed by atoms with van der Waals surface area (Å²) in [7, 11) is -3.84. The normalized spacial score (nSPS) is 22.0. The molecule has 1 aromatic rings. The number of carbonyl (C=O) groups excluding carboxylic acids is 2. The Labute approximate surface area is 186 Å². The average Bonchev–Trinajstić information content (AvgIpc) is 3.32. The van der Waals surface area contributed by atoms with Crippen molar-refractivity contribution >= 4 is 21.8 Å². The van der Waals surface area contributed by atoms with E-state index in [1.807, 2.05) is 0 Å². The molecule has 0 bridgehead atoms. The number of carbonyl (C=O) groups is 2. The summed E-state index contributed by atoms with van der Waals surface area (Å²) in [5.41, 5.74) is 2.66. The van der Waals surface area contributed by atoms with Gasteiger partial charge in [-0.15, -0.1) is 0 Å². The van der Waals surface area contributed by atoms with Crippen LogP contribution in [0.25, 0.3) is 0 Å². The van der Waals surface area contributed by atoms with Crippen LogP contribution in [0.2, 0.25) is 0 Å². The minimum atomic E-state index is -3.84. The second-order valence-electron chi connectivity index (χ2n) is 8.26. The lowest BCUT2D eigenvalue weighted by atomic mass is 10.1. The number of aliphatic hydroxyl groups excluding tert-OH is 2. The minimum absolute atomic E-state index is 0.00619. The van der Waals surface area contributed by atoms with Crippen molar-refractivity contribution in [3.8, 4) is 23.7 Å². The van der Waals surface area contributed by atoms with Crippen molar-refractivity contribution in [3.63, 3.8) is 0 Å². The van der Waals surface area contributed by atoms with Gasteiger partial charge in [0, 0.05) is 42.1 Å². The fourth-order valence-corrected chi connectivity index (χ4v) is 4.42. The van der Waals surface area contributed by atoms with Crippen molar-refractivity contribution in [2.45, 2.75) is 37.2 Å². The summed E-state index contributed by atoms with van der Waals surface area (Å²) < 4.78 is 23.7. The highest BCUT2D eigenvalue weighted by Gasteiger charge is 2.44. The number of aliphatic hydroxyl groups is 2. The van der Waals surface area contributed by atoms with Gasteiger partial charge in [0.15, 0.2) is 14.6 Å². The molecule has 0 aromatic carbocycles. The van der Waals surface area contributed by atoms with Gasteiger partial charge in [-0.1, -0.05) is 11.8 Å². The van der Waals surface area contributed by atoms with Gasteiger partial charge in [0.05, 0.1) is 19.3 Å². The smallest absolute Gasteiger partial charge is 0.328 e. The summed E-state index contributed by atoms with van der Waals surface area (Å²) in [4.78, 5) is 26.0. The summed E-state index contributed by atoms with van der Waals surface area (Å²) >= 11 is 0. The van der Waals surface area contributed by atoms with Crippen LogP contribution in [-0.2, 0) is 21.2 Å². The Kier molecular flexibility index (Phi) is 6.67. The quantitative estimate of drug-likeness (QED) is 0.238. The van der Waals surface area contributed by atoms with E-state index in [0.29, 0.717) is 11.3 Å². The van der Waals surface area contributed by atoms with Crippen molar-refractivity contribution < 1.29 is 33.4 Å². The Morgan fingerprint density at radius 2 is 2.12 bits per heavy atom. The van der Waals surface area contributed by atoms with Crippen molar-refractivity contribution in [1.82, 2.24) is 14.9 Å². The van der Waals surface area contributed by atoms with Crippen LogP contribution >= 0.6 is 0 Å². The lowest BCUT2D eigenvalue weighted by molar-refractivity contribution is -0.131. The molecular formula is C21H25N3O7S. The Balaban J connectivity index is 1.61. The molecule has 2 aliphatic rings. The van der Waals surface area contributed by atoms with Gasteiger partial charge in [-0.25, -0.2) is 18.7 Å². The van der Waals surface area contributed by atoms with Crippen LogP contribution < -0.4 is 5.48 Å². The maximum Gasteiger partial charge on any atom is 0.328 e. The first-order chi connectivity index (χ1) is 15.0. The SMILES string of the molecule is C[C@@](CCN1Cc2cc(C#CC#CC3C[C@@H]3[C@@H](O)CO)cn2C1=O)(C(=O)NO)S(C)(=O)=O. The molecule has 1 aromatic heterocycles. The number of hydroxylamine groups is 1. The number of hydrogen-bond acceptors (Lipinski definition) is 7. The number of hydrogen-bond donors (Lipinski definition) is 4. The van der Waals surface area contributed by atoms with E-state index in [9.17, 15) is 23.1 Å². The third-order valence-electron chi connectivity index (χ3n) is 6.04. The standard InChI is InChI=1S/C21H25N3O7S/c1-21(19(27)22-29,32(2,30)31)7-8-23-12-16-9-14(11-24(16)20(23)28)5-3-4-6-15-10-17(15)18(26)13-25/h9,11,15,17-18,25-26,29H,7-8,10,12-13H2,1-2H3,(H,22,27)/t15?,17-,18-,21+/m0/s1. The maximum absolute atomic E-state index is 12.6. The van der Waals surface area contributed by atoms with Crippen molar-refractivity contribution in [3.05, 3.63) is 23.5 Å². The zero-order chi connectivity index (χ0) is 23.7. The first-order valence-electron chi connectivity index (χ1n) is 9.97. The molecule has 4 atom stereocenters. The summed E-state index contributed by atoms with van der Waals surface area (Å²) in [6.07, 6.45) is 2.28. The number of aromatic nitrogens is 1. The van der Waals surface area contributed by atoms with E-state index in [4.69, 9.17) is 10.3 Å². The van der Waals surface area contributed by atoms with Gasteiger partial charge in [0.1, 0.15) is 0 Å². The van der Waals surface area contributed by atoms with Gasteiger partial charge in [-0.3, -0.25) is 14.6 Å². The number of nitrogens with one attached hydrogen (secondary N) is 1. The van der Waals surface area contributed by atoms with Crippen LogP contribution in [0.1, 0.15) is 31.0 Å². The van der Waals surface area contributed by atoms with Crippen molar-refractivity contribution in [1.29, 1.82) is 0 Å². The van der Waals surface area contributed by atoms with E-state index in [1.165, 1.54) is 21.9 Å². The van der Waals surface area contributed by atoms with Gasteiger partial charge in [0.25, 0.3) is 5.91 Å². The number of nitrogens with zero attached hydrogens (tertiary/aromatic N) is 2. The molecule has 1 aliphatic heterocycles. The zero-order valence-corrected chi connectivity index (χ0v) is 18.5. The van der Waals surface area contributed by atoms with E-state index >= 15 is 0 Å². The Morgan fingerprint density at radius 3 is 2.72 bits per heavy atom. The van der Waals surface area contributed by atoms with E-state index in [1.54, 1.807) is 12.3 Å². The van der Waals surface area contributed by atoms with E-state index in [-0.39, 0.29) is 44.0 Å². The molecule has 2 amide bonds. The molecule has 1 saturated carbocycles. The molecule has 0 spiro atoms. The molecule has 3 rings (SSSR count). The predicted octanol–water partition coefficient (Wildman–Crippen LogP) is -0.685. The first kappa shape index (κ1) is 23.8. The molecule has 1 aliphatic carbocycles. The summed E-state index contributed by atoms with van der Waals surface area (Å²) in [6, 6.07) is 1.37. The highest BCUT2D eigenvalue weighted by Crippen LogP contribution is 2.40. The van der Waals surface area contributed by atoms with Gasteiger partial charge in [0.2, 0.25) is 0 Å². The Bertz CT molecular complexity index is 1150. The molecule has 32 heavy (non-hydrogen) atoms. The van der Waals surface area contributed by atoms with E-state index < -0.39 is 26.6 Å². The minimum Gasteiger partial charge on any atom is -0.394 e. The molecule has 2 heterocycles. The second-order valence-corrected chi connectivity index (χ2v) is 10.7. The van der Waals surface area contributed by atoms with Crippen LogP contribution in [0.3, 0.4) is 0 Å². The van der Waals surface area contributed by atoms with Crippen LogP contribution in [-0.4, -0.2) is 75.5 Å². The predicted molar refractivity (Wildman–Crippen MR) is 113 cm³/mol. The summed E-state index contributed by atoms with van der Waals surface area (Å²) in [5, 5.41) is 27.3. The summed E-state index contributed by atoms with van der Waals surface area (Å²) in [6.45, 7) is 1.16. The van der Waals surface area contributed by atoms with Gasteiger partial charge in [-0.05, 0) is 37.7 Å². The van der Waals surface area contributed by atoms with Crippen molar-refractivity contribution in [2.75, 3.05) is 19.4 Å². The molecule has 1 fully saturated rings. The van der Waals surface area contributed by atoms with Gasteiger partial charge in [-0.2, -0.15) is 0 Å². The molecule has 11 heteroatoms. The first-order valence-corrected chi connectivity index (χ1v) is 11.9. The molecule has 172 valence electrons. The largest absolute Gasteiger partial charge is 0.394 e. The second kappa shape index (κ2) is 8.96. The number of sulfone groups is 1. The average molecular weight is 464 g/mol. The Hall–Kier alpha value is -2.83. The third-order valence-corrected chi connectivity index (χ3v) is 8.06. The molecule has 1 unspecified atom stereocenters. The van der Waals surface area contributed by atoms with E-state index in [0.717, 1.165) is 12.7 Å². The maximum atomic E-state index is 12.6. The van der Waals surface area contributed by atoms with Crippen molar-refractivity contribution in [2.24, 2.45) is 11.8 Å². The number of amides is 2. The van der Waals surface area contributed by atoms with Crippen LogP contribution in [0.15, 0.2) is 12.3 Å². The van der Waals surface area contributed by atoms with Crippen LogP contribution in [0.4, 0.5) is 4.79 Å². The monoisotopic (exact) mass is 463 g/mol. The van der Waals surface area contributed by atoms with Crippen LogP contribution in [0.5, 0.6) is 0 Å². The molecular weight excluding hydrogens is 438 g/mol. The zero-order valence-electron chi connectivity index (χ0n) is 17.7. The fourth-order valence-electron chi connectivity index (χ4n) is 3.57. The third kappa shape index (κ3) is 4.66. The van der Waals surface area contributed by atoms with Gasteiger partial charge < -0.3 is 15.1 Å². The molecule has 10 nitrogen and oxygen atoms in total. The number of rotatable bonds is 7. The van der Waals surface area contributed by atoms with E-state index in [2.05, 4.69) is 23.7 Å². The summed E-state index contributed by atoms with van der Waals surface area (Å²) in [5.74, 6) is 10.2. The topological polar surface area (TPSA) is 149 Å². The number of fused-ring (bicyclic) bond motifs is 1. The highest BCUT2D eigenvalue weighted by atomic mass is 32.2. The fraction of sp³-hybridized carbons (Fsp3) is 0.524. The van der Waals surface area contributed by atoms with Gasteiger partial charge >= 0.3 is 6.03 Å². The molecule has 4 N–H and O–H groups in total. The highest BCUT2D eigenvalue weighted by molar-refractivity contribution is 7.92. The lowest BCUT2D eigenvalue weighted by Gasteiger charge is -2.27.